The third kappa shape index (κ3) is 3.28. The van der Waals surface area contributed by atoms with Crippen molar-refractivity contribution in [1.29, 1.82) is 0 Å². The van der Waals surface area contributed by atoms with E-state index in [1.165, 1.54) is 0 Å². The van der Waals surface area contributed by atoms with Crippen LogP contribution in [0.4, 0.5) is 0 Å². The molecule has 0 bridgehead atoms. The zero-order valence-corrected chi connectivity index (χ0v) is 15.0. The molecule has 0 amide bonds. The Hall–Kier alpha value is -0.350. The van der Waals surface area contributed by atoms with Gasteiger partial charge in [0.15, 0.2) is 5.82 Å². The Morgan fingerprint density at radius 2 is 1.65 bits per heavy atom. The average molecular weight is 395 g/mol. The minimum Gasteiger partial charge on any atom is -0.231 e. The zero-order valence-electron chi connectivity index (χ0n) is 11.1. The van der Waals surface area contributed by atoms with Gasteiger partial charge in [-0.3, -0.25) is 0 Å². The minimum atomic E-state index is -0.156. The van der Waals surface area contributed by atoms with E-state index < -0.39 is 0 Å². The predicted octanol–water partition coefficient (Wildman–Crippen LogP) is 6.16. The second-order valence-corrected chi connectivity index (χ2v) is 7.34. The second-order valence-electron chi connectivity index (χ2n) is 5.38. The lowest BCUT2D eigenvalue weighted by Gasteiger charge is -2.20. The number of aromatic nitrogens is 2. The van der Waals surface area contributed by atoms with Crippen LogP contribution in [0, 0.1) is 0 Å². The Morgan fingerprint density at radius 3 is 2.20 bits per heavy atom. The number of hydrogen-bond donors (Lipinski definition) is 0. The maximum atomic E-state index is 6.19. The zero-order chi connectivity index (χ0) is 15.1. The summed E-state index contributed by atoms with van der Waals surface area (Å²) in [5.74, 6) is 0.529. The molecule has 106 valence electrons. The molecule has 0 aliphatic rings. The molecular weight excluding hydrogens is 382 g/mol. The lowest BCUT2D eigenvalue weighted by molar-refractivity contribution is 0.564. The van der Waals surface area contributed by atoms with Gasteiger partial charge in [0, 0.05) is 11.0 Å². The highest BCUT2D eigenvalue weighted by molar-refractivity contribution is 9.10. The Labute approximate surface area is 141 Å². The van der Waals surface area contributed by atoms with Crippen molar-refractivity contribution in [1.82, 2.24) is 9.97 Å². The van der Waals surface area contributed by atoms with Crippen molar-refractivity contribution in [3.05, 3.63) is 43.6 Å². The molecule has 6 heteroatoms. The van der Waals surface area contributed by atoms with Crippen molar-refractivity contribution < 1.29 is 0 Å². The van der Waals surface area contributed by atoms with E-state index >= 15 is 0 Å². The van der Waals surface area contributed by atoms with E-state index in [0.717, 1.165) is 15.7 Å². The van der Waals surface area contributed by atoms with E-state index in [1.807, 2.05) is 6.07 Å². The van der Waals surface area contributed by atoms with E-state index in [-0.39, 0.29) is 5.41 Å². The van der Waals surface area contributed by atoms with E-state index in [2.05, 4.69) is 46.7 Å². The number of halogens is 4. The Bertz CT molecular complexity index is 666. The van der Waals surface area contributed by atoms with E-state index in [4.69, 9.17) is 34.8 Å². The predicted molar refractivity (Wildman–Crippen MR) is 88.9 cm³/mol. The molecule has 2 rings (SSSR count). The molecule has 0 aliphatic carbocycles. The summed E-state index contributed by atoms with van der Waals surface area (Å²) in [4.78, 5) is 8.89. The molecule has 0 aliphatic heterocycles. The van der Waals surface area contributed by atoms with Crippen LogP contribution in [0.3, 0.4) is 0 Å². The first-order valence-corrected chi connectivity index (χ1v) is 7.82. The molecule has 1 aromatic heterocycles. The highest BCUT2D eigenvalue weighted by Crippen LogP contribution is 2.35. The normalized spacial score (nSPS) is 11.8. The Balaban J connectivity index is 2.63. The number of benzene rings is 1. The number of hydrogen-bond acceptors (Lipinski definition) is 2. The van der Waals surface area contributed by atoms with Crippen molar-refractivity contribution in [3.63, 3.8) is 0 Å². The van der Waals surface area contributed by atoms with Crippen molar-refractivity contribution in [2.75, 3.05) is 0 Å². The van der Waals surface area contributed by atoms with Crippen LogP contribution >= 0.6 is 50.7 Å². The smallest absolute Gasteiger partial charge is 0.161 e. The SMILES string of the molecule is CC(C)(C)c1nc(-c2ccc(Cl)c(Cl)c2)nc(Cl)c1Br. The molecule has 0 saturated carbocycles. The van der Waals surface area contributed by atoms with E-state index in [1.54, 1.807) is 12.1 Å². The van der Waals surface area contributed by atoms with Crippen LogP contribution in [0.5, 0.6) is 0 Å². The fraction of sp³-hybridized carbons (Fsp3) is 0.286. The Morgan fingerprint density at radius 1 is 1.00 bits per heavy atom. The van der Waals surface area contributed by atoms with Gasteiger partial charge in [0.1, 0.15) is 5.15 Å². The molecular formula is C14H12BrCl3N2. The molecule has 20 heavy (non-hydrogen) atoms. The van der Waals surface area contributed by atoms with Crippen molar-refractivity contribution >= 4 is 50.7 Å². The highest BCUT2D eigenvalue weighted by Gasteiger charge is 2.23. The summed E-state index contributed by atoms with van der Waals surface area (Å²) in [5, 5.41) is 1.34. The summed E-state index contributed by atoms with van der Waals surface area (Å²) < 4.78 is 0.718. The molecule has 1 aromatic carbocycles. The number of rotatable bonds is 1. The van der Waals surface area contributed by atoms with Gasteiger partial charge in [-0.25, -0.2) is 9.97 Å². The monoisotopic (exact) mass is 392 g/mol. The van der Waals surface area contributed by atoms with Gasteiger partial charge in [0.2, 0.25) is 0 Å². The van der Waals surface area contributed by atoms with Gasteiger partial charge in [0.05, 0.1) is 20.2 Å². The highest BCUT2D eigenvalue weighted by atomic mass is 79.9. The van der Waals surface area contributed by atoms with Gasteiger partial charge >= 0.3 is 0 Å². The van der Waals surface area contributed by atoms with Gasteiger partial charge in [-0.15, -0.1) is 0 Å². The van der Waals surface area contributed by atoms with Crippen LogP contribution in [0.1, 0.15) is 26.5 Å². The van der Waals surface area contributed by atoms with Gasteiger partial charge < -0.3 is 0 Å². The van der Waals surface area contributed by atoms with Crippen LogP contribution in [-0.2, 0) is 5.41 Å². The first-order chi connectivity index (χ1) is 9.20. The van der Waals surface area contributed by atoms with E-state index in [0.29, 0.717) is 21.0 Å². The summed E-state index contributed by atoms with van der Waals surface area (Å²) in [6.07, 6.45) is 0. The molecule has 0 atom stereocenters. The summed E-state index contributed by atoms with van der Waals surface area (Å²) >= 11 is 21.6. The Kier molecular flexibility index (Phi) is 4.65. The average Bonchev–Trinajstić information content (AvgIpc) is 2.34. The van der Waals surface area contributed by atoms with Crippen molar-refractivity contribution in [2.45, 2.75) is 26.2 Å². The first kappa shape index (κ1) is 16.0. The molecule has 0 fully saturated rings. The third-order valence-electron chi connectivity index (χ3n) is 2.70. The molecule has 0 saturated heterocycles. The fourth-order valence-electron chi connectivity index (χ4n) is 1.68. The topological polar surface area (TPSA) is 25.8 Å². The van der Waals surface area contributed by atoms with Crippen LogP contribution in [0.2, 0.25) is 15.2 Å². The fourth-order valence-corrected chi connectivity index (χ4v) is 2.92. The largest absolute Gasteiger partial charge is 0.231 e. The third-order valence-corrected chi connectivity index (χ3v) is 4.69. The summed E-state index contributed by atoms with van der Waals surface area (Å²) in [6.45, 7) is 6.19. The van der Waals surface area contributed by atoms with Gasteiger partial charge in [-0.05, 0) is 34.1 Å². The van der Waals surface area contributed by atoms with Gasteiger partial charge in [0.25, 0.3) is 0 Å². The summed E-state index contributed by atoms with van der Waals surface area (Å²) in [6, 6.07) is 5.27. The molecule has 0 N–H and O–H groups in total. The number of nitrogens with zero attached hydrogens (tertiary/aromatic N) is 2. The molecule has 0 unspecified atom stereocenters. The second kappa shape index (κ2) is 5.80. The standard InChI is InChI=1S/C14H12BrCl3N2/c1-14(2,3)11-10(15)12(18)20-13(19-11)7-4-5-8(16)9(17)6-7/h4-6H,1-3H3. The summed E-state index contributed by atoms with van der Waals surface area (Å²) in [7, 11) is 0. The first-order valence-electron chi connectivity index (χ1n) is 5.89. The minimum absolute atomic E-state index is 0.156. The molecule has 2 nitrogen and oxygen atoms in total. The van der Waals surface area contributed by atoms with Crippen LogP contribution in [0.25, 0.3) is 11.4 Å². The van der Waals surface area contributed by atoms with Crippen molar-refractivity contribution in [3.8, 4) is 11.4 Å². The molecule has 1 heterocycles. The quantitative estimate of drug-likeness (QED) is 0.541. The van der Waals surface area contributed by atoms with Crippen LogP contribution < -0.4 is 0 Å². The van der Waals surface area contributed by atoms with Crippen molar-refractivity contribution in [2.24, 2.45) is 0 Å². The lowest BCUT2D eigenvalue weighted by Crippen LogP contribution is -2.16. The molecule has 0 radical (unpaired) electrons. The van der Waals surface area contributed by atoms with Crippen LogP contribution in [0.15, 0.2) is 22.7 Å². The van der Waals surface area contributed by atoms with E-state index in [9.17, 15) is 0 Å². The van der Waals surface area contributed by atoms with Crippen LogP contribution in [-0.4, -0.2) is 9.97 Å². The van der Waals surface area contributed by atoms with Gasteiger partial charge in [-0.1, -0.05) is 55.6 Å². The summed E-state index contributed by atoms with van der Waals surface area (Å²) in [5.41, 5.74) is 1.47. The van der Waals surface area contributed by atoms with Gasteiger partial charge in [-0.2, -0.15) is 0 Å². The lowest BCUT2D eigenvalue weighted by atomic mass is 9.92. The maximum Gasteiger partial charge on any atom is 0.161 e. The molecule has 0 spiro atoms. The maximum absolute atomic E-state index is 6.19. The molecule has 2 aromatic rings.